The predicted octanol–water partition coefficient (Wildman–Crippen LogP) is 0.217. The number of hydrogen-bond donors (Lipinski definition) is 2. The van der Waals surface area contributed by atoms with Gasteiger partial charge in [0.2, 0.25) is 5.91 Å². The van der Waals surface area contributed by atoms with Crippen molar-refractivity contribution < 1.29 is 9.18 Å². The lowest BCUT2D eigenvalue weighted by atomic mass is 10.1. The molecule has 106 valence electrons. The smallest absolute Gasteiger partial charge is 0.238 e. The molecule has 1 heterocycles. The van der Waals surface area contributed by atoms with Crippen LogP contribution in [0.3, 0.4) is 0 Å². The maximum Gasteiger partial charge on any atom is 0.238 e. The van der Waals surface area contributed by atoms with Crippen molar-refractivity contribution in [3.8, 4) is 6.07 Å². The van der Waals surface area contributed by atoms with Gasteiger partial charge in [-0.25, -0.2) is 4.39 Å². The Kier molecular flexibility index (Phi) is 4.66. The lowest BCUT2D eigenvalue weighted by molar-refractivity contribution is -0.126. The van der Waals surface area contributed by atoms with Crippen molar-refractivity contribution in [1.82, 2.24) is 15.5 Å². The summed E-state index contributed by atoms with van der Waals surface area (Å²) < 4.78 is 13.9. The van der Waals surface area contributed by atoms with Crippen LogP contribution < -0.4 is 10.6 Å². The average molecular weight is 276 g/mol. The molecule has 1 aliphatic heterocycles. The number of rotatable bonds is 3. The van der Waals surface area contributed by atoms with E-state index in [1.807, 2.05) is 11.0 Å². The molecule has 6 heteroatoms. The van der Waals surface area contributed by atoms with Gasteiger partial charge in [-0.3, -0.25) is 9.69 Å². The Morgan fingerprint density at radius 3 is 3.10 bits per heavy atom. The Morgan fingerprint density at radius 2 is 2.45 bits per heavy atom. The minimum Gasteiger partial charge on any atom is -0.358 e. The normalized spacial score (nSPS) is 19.4. The fraction of sp³-hybridized carbons (Fsp3) is 0.429. The predicted molar refractivity (Wildman–Crippen MR) is 72.2 cm³/mol. The third-order valence-electron chi connectivity index (χ3n) is 3.46. The average Bonchev–Trinajstić information content (AvgIpc) is 2.49. The van der Waals surface area contributed by atoms with Crippen LogP contribution in [0.25, 0.3) is 0 Å². The fourth-order valence-electron chi connectivity index (χ4n) is 2.32. The van der Waals surface area contributed by atoms with Crippen LogP contribution in [0.5, 0.6) is 0 Å². The molecule has 2 rings (SSSR count). The van der Waals surface area contributed by atoms with E-state index >= 15 is 0 Å². The molecule has 0 aliphatic carbocycles. The Balaban J connectivity index is 2.15. The highest BCUT2D eigenvalue weighted by molar-refractivity contribution is 5.81. The summed E-state index contributed by atoms with van der Waals surface area (Å²) in [6.45, 7) is 2.36. The molecule has 2 N–H and O–H groups in total. The summed E-state index contributed by atoms with van der Waals surface area (Å²) >= 11 is 0. The first-order valence-corrected chi connectivity index (χ1v) is 6.50. The number of benzene rings is 1. The number of carbonyl (C=O) groups excluding carboxylic acids is 1. The molecular weight excluding hydrogens is 259 g/mol. The van der Waals surface area contributed by atoms with Crippen LogP contribution in [-0.2, 0) is 11.3 Å². The lowest BCUT2D eigenvalue weighted by Crippen LogP contribution is -2.56. The zero-order valence-corrected chi connectivity index (χ0v) is 11.3. The molecule has 1 unspecified atom stereocenters. The second-order valence-corrected chi connectivity index (χ2v) is 4.72. The van der Waals surface area contributed by atoms with Gasteiger partial charge in [0.25, 0.3) is 0 Å². The Hall–Kier alpha value is -1.97. The summed E-state index contributed by atoms with van der Waals surface area (Å²) in [5.41, 5.74) is 0.800. The van der Waals surface area contributed by atoms with Gasteiger partial charge in [0.15, 0.2) is 0 Å². The minimum atomic E-state index is -0.404. The van der Waals surface area contributed by atoms with E-state index in [-0.39, 0.29) is 11.9 Å². The minimum absolute atomic E-state index is 0.0775. The molecule has 0 bridgehead atoms. The molecule has 1 fully saturated rings. The van der Waals surface area contributed by atoms with Gasteiger partial charge in [0.05, 0.1) is 11.6 Å². The van der Waals surface area contributed by atoms with Crippen LogP contribution in [-0.4, -0.2) is 43.5 Å². The Bertz CT molecular complexity index is 540. The molecule has 0 aromatic heterocycles. The number of nitriles is 1. The molecule has 1 aliphatic rings. The number of piperazine rings is 1. The molecule has 20 heavy (non-hydrogen) atoms. The molecule has 5 nitrogen and oxygen atoms in total. The van der Waals surface area contributed by atoms with Gasteiger partial charge in [-0.2, -0.15) is 5.26 Å². The standard InChI is InChI=1S/C14H17FN4O/c1-17-14(20)13-8-18-4-5-19(13)9-11-3-2-10(7-16)6-12(11)15/h2-3,6,13,18H,4-5,8-9H2,1H3,(H,17,20). The van der Waals surface area contributed by atoms with Crippen LogP contribution in [0.15, 0.2) is 18.2 Å². The summed E-state index contributed by atoms with van der Waals surface area (Å²) in [5.74, 6) is -0.482. The van der Waals surface area contributed by atoms with E-state index < -0.39 is 5.82 Å². The van der Waals surface area contributed by atoms with E-state index in [0.29, 0.717) is 30.8 Å². The SMILES string of the molecule is CNC(=O)C1CNCCN1Cc1ccc(C#N)cc1F. The number of hydrogen-bond acceptors (Lipinski definition) is 4. The van der Waals surface area contributed by atoms with Crippen molar-refractivity contribution in [3.05, 3.63) is 35.1 Å². The van der Waals surface area contributed by atoms with E-state index in [9.17, 15) is 9.18 Å². The van der Waals surface area contributed by atoms with Crippen LogP contribution in [0.1, 0.15) is 11.1 Å². The third-order valence-corrected chi connectivity index (χ3v) is 3.46. The summed E-state index contributed by atoms with van der Waals surface area (Å²) in [6.07, 6.45) is 0. The van der Waals surface area contributed by atoms with E-state index in [0.717, 1.165) is 6.54 Å². The largest absolute Gasteiger partial charge is 0.358 e. The molecule has 0 saturated carbocycles. The van der Waals surface area contributed by atoms with Gasteiger partial charge in [0.1, 0.15) is 11.9 Å². The molecule has 1 atom stereocenters. The highest BCUT2D eigenvalue weighted by Gasteiger charge is 2.28. The molecule has 0 radical (unpaired) electrons. The topological polar surface area (TPSA) is 68.2 Å². The number of nitrogens with one attached hydrogen (secondary N) is 2. The number of halogens is 1. The van der Waals surface area contributed by atoms with Gasteiger partial charge in [0, 0.05) is 38.8 Å². The first-order valence-electron chi connectivity index (χ1n) is 6.50. The number of amides is 1. The van der Waals surface area contributed by atoms with Crippen molar-refractivity contribution in [2.75, 3.05) is 26.7 Å². The number of nitrogens with zero attached hydrogens (tertiary/aromatic N) is 2. The molecule has 1 amide bonds. The van der Waals surface area contributed by atoms with Crippen molar-refractivity contribution in [2.45, 2.75) is 12.6 Å². The van der Waals surface area contributed by atoms with Crippen LogP contribution >= 0.6 is 0 Å². The summed E-state index contributed by atoms with van der Waals surface area (Å²) in [7, 11) is 1.59. The van der Waals surface area contributed by atoms with E-state index in [1.54, 1.807) is 19.2 Å². The highest BCUT2D eigenvalue weighted by Crippen LogP contribution is 2.15. The van der Waals surface area contributed by atoms with Crippen LogP contribution in [0, 0.1) is 17.1 Å². The summed E-state index contributed by atoms with van der Waals surface area (Å²) in [6, 6.07) is 6.03. The summed E-state index contributed by atoms with van der Waals surface area (Å²) in [5, 5.41) is 14.5. The van der Waals surface area contributed by atoms with Crippen molar-refractivity contribution in [1.29, 1.82) is 5.26 Å². The molecule has 1 aromatic rings. The lowest BCUT2D eigenvalue weighted by Gasteiger charge is -2.34. The molecule has 1 saturated heterocycles. The van der Waals surface area contributed by atoms with Gasteiger partial charge < -0.3 is 10.6 Å². The number of likely N-dealkylation sites (N-methyl/N-ethyl adjacent to an activating group) is 1. The second kappa shape index (κ2) is 6.46. The first kappa shape index (κ1) is 14.4. The highest BCUT2D eigenvalue weighted by atomic mass is 19.1. The van der Waals surface area contributed by atoms with Crippen molar-refractivity contribution in [3.63, 3.8) is 0 Å². The van der Waals surface area contributed by atoms with E-state index in [2.05, 4.69) is 10.6 Å². The quantitative estimate of drug-likeness (QED) is 0.828. The zero-order chi connectivity index (χ0) is 14.5. The fourth-order valence-corrected chi connectivity index (χ4v) is 2.32. The molecule has 1 aromatic carbocycles. The first-order chi connectivity index (χ1) is 9.65. The van der Waals surface area contributed by atoms with Crippen molar-refractivity contribution >= 4 is 5.91 Å². The Labute approximate surface area is 117 Å². The second-order valence-electron chi connectivity index (χ2n) is 4.72. The van der Waals surface area contributed by atoms with Gasteiger partial charge in [-0.15, -0.1) is 0 Å². The Morgan fingerprint density at radius 1 is 1.65 bits per heavy atom. The molecule has 0 spiro atoms. The van der Waals surface area contributed by atoms with Gasteiger partial charge >= 0.3 is 0 Å². The van der Waals surface area contributed by atoms with Gasteiger partial charge in [-0.05, 0) is 12.1 Å². The van der Waals surface area contributed by atoms with E-state index in [4.69, 9.17) is 5.26 Å². The maximum atomic E-state index is 13.9. The summed E-state index contributed by atoms with van der Waals surface area (Å²) in [4.78, 5) is 13.8. The van der Waals surface area contributed by atoms with Gasteiger partial charge in [-0.1, -0.05) is 6.07 Å². The van der Waals surface area contributed by atoms with E-state index in [1.165, 1.54) is 6.07 Å². The zero-order valence-electron chi connectivity index (χ0n) is 11.3. The van der Waals surface area contributed by atoms with Crippen LogP contribution in [0.4, 0.5) is 4.39 Å². The number of carbonyl (C=O) groups is 1. The monoisotopic (exact) mass is 276 g/mol. The molecular formula is C14H17FN4O. The van der Waals surface area contributed by atoms with Crippen LogP contribution in [0.2, 0.25) is 0 Å². The van der Waals surface area contributed by atoms with Crippen molar-refractivity contribution in [2.24, 2.45) is 0 Å². The third kappa shape index (κ3) is 3.13. The maximum absolute atomic E-state index is 13.9.